The van der Waals surface area contributed by atoms with Crippen LogP contribution in [0.4, 0.5) is 0 Å². The molecule has 1 aliphatic carbocycles. The number of rotatable bonds is 3. The zero-order valence-corrected chi connectivity index (χ0v) is 10.4. The second-order valence-electron chi connectivity index (χ2n) is 5.02. The summed E-state index contributed by atoms with van der Waals surface area (Å²) in [4.78, 5) is 23.0. The summed E-state index contributed by atoms with van der Waals surface area (Å²) >= 11 is 0. The Morgan fingerprint density at radius 2 is 2.00 bits per heavy atom. The number of hydrogen-bond donors (Lipinski definition) is 2. The Morgan fingerprint density at radius 1 is 1.33 bits per heavy atom. The molecule has 0 aliphatic heterocycles. The molecule has 0 aromatic carbocycles. The molecule has 1 heterocycles. The van der Waals surface area contributed by atoms with Gasteiger partial charge in [0, 0.05) is 12.0 Å². The molecule has 98 valence electrons. The van der Waals surface area contributed by atoms with Gasteiger partial charge in [-0.15, -0.1) is 0 Å². The van der Waals surface area contributed by atoms with E-state index in [2.05, 4.69) is 10.5 Å². The molecule has 0 saturated heterocycles. The minimum atomic E-state index is -1.32. The lowest BCUT2D eigenvalue weighted by Crippen LogP contribution is -2.49. The molecule has 0 bridgehead atoms. The van der Waals surface area contributed by atoms with Crippen molar-refractivity contribution in [1.82, 2.24) is 10.5 Å². The van der Waals surface area contributed by atoms with E-state index < -0.39 is 17.4 Å². The highest BCUT2D eigenvalue weighted by Gasteiger charge is 2.32. The molecular weight excluding hydrogens is 236 g/mol. The zero-order valence-electron chi connectivity index (χ0n) is 10.4. The van der Waals surface area contributed by atoms with Gasteiger partial charge in [0.1, 0.15) is 11.3 Å². The number of fused-ring (bicyclic) bond motifs is 1. The molecule has 1 amide bonds. The maximum absolute atomic E-state index is 12.0. The number of aromatic nitrogens is 1. The number of nitrogens with zero attached hydrogens (tertiary/aromatic N) is 1. The van der Waals surface area contributed by atoms with Crippen LogP contribution >= 0.6 is 0 Å². The first-order valence-electron chi connectivity index (χ1n) is 5.95. The summed E-state index contributed by atoms with van der Waals surface area (Å²) in [6.07, 6.45) is 3.58. The van der Waals surface area contributed by atoms with Gasteiger partial charge in [-0.2, -0.15) is 0 Å². The van der Waals surface area contributed by atoms with Crippen LogP contribution in [0.5, 0.6) is 0 Å². The van der Waals surface area contributed by atoms with Crippen molar-refractivity contribution in [3.8, 4) is 0 Å². The Bertz CT molecular complexity index is 490. The molecule has 2 rings (SSSR count). The van der Waals surface area contributed by atoms with E-state index in [-0.39, 0.29) is 5.69 Å². The monoisotopic (exact) mass is 252 g/mol. The van der Waals surface area contributed by atoms with Crippen LogP contribution in [0.25, 0.3) is 0 Å². The Balaban J connectivity index is 2.20. The maximum atomic E-state index is 12.0. The lowest BCUT2D eigenvalue weighted by Gasteiger charge is -2.20. The third-order valence-electron chi connectivity index (χ3n) is 3.13. The molecule has 1 aromatic rings. The summed E-state index contributed by atoms with van der Waals surface area (Å²) in [5, 5.41) is 15.2. The number of aliphatic carboxylic acids is 1. The second kappa shape index (κ2) is 4.44. The SMILES string of the molecule is CC(C)(NC(=O)c1noc2c1CCCC2)C(=O)O. The Hall–Kier alpha value is -1.85. The highest BCUT2D eigenvalue weighted by molar-refractivity contribution is 5.97. The molecule has 0 saturated carbocycles. The second-order valence-corrected chi connectivity index (χ2v) is 5.02. The van der Waals surface area contributed by atoms with E-state index in [9.17, 15) is 9.59 Å². The van der Waals surface area contributed by atoms with Crippen LogP contribution in [0.1, 0.15) is 48.5 Å². The Kier molecular flexibility index (Phi) is 3.11. The zero-order chi connectivity index (χ0) is 13.3. The number of amides is 1. The minimum absolute atomic E-state index is 0.221. The highest BCUT2D eigenvalue weighted by atomic mass is 16.5. The molecule has 1 aliphatic rings. The summed E-state index contributed by atoms with van der Waals surface area (Å²) in [5.41, 5.74) is -0.281. The fourth-order valence-corrected chi connectivity index (χ4v) is 1.96. The van der Waals surface area contributed by atoms with Crippen LogP contribution in [-0.2, 0) is 17.6 Å². The lowest BCUT2D eigenvalue weighted by molar-refractivity contribution is -0.143. The number of hydrogen-bond acceptors (Lipinski definition) is 4. The normalized spacial score (nSPS) is 15.0. The molecule has 0 fully saturated rings. The van der Waals surface area contributed by atoms with Crippen LogP contribution in [0, 0.1) is 0 Å². The fourth-order valence-electron chi connectivity index (χ4n) is 1.96. The number of aryl methyl sites for hydroxylation is 1. The number of carbonyl (C=O) groups excluding carboxylic acids is 1. The van der Waals surface area contributed by atoms with Crippen LogP contribution in [0.3, 0.4) is 0 Å². The van der Waals surface area contributed by atoms with Gasteiger partial charge in [0.15, 0.2) is 5.69 Å². The van der Waals surface area contributed by atoms with Crippen LogP contribution in [0.15, 0.2) is 4.52 Å². The molecule has 1 aromatic heterocycles. The first-order chi connectivity index (χ1) is 8.42. The average Bonchev–Trinajstić information content (AvgIpc) is 2.71. The number of nitrogens with one attached hydrogen (secondary N) is 1. The fraction of sp³-hybridized carbons (Fsp3) is 0.583. The largest absolute Gasteiger partial charge is 0.480 e. The van der Waals surface area contributed by atoms with Crippen LogP contribution < -0.4 is 5.32 Å². The van der Waals surface area contributed by atoms with Crippen molar-refractivity contribution in [3.63, 3.8) is 0 Å². The maximum Gasteiger partial charge on any atom is 0.328 e. The molecule has 0 unspecified atom stereocenters. The summed E-state index contributed by atoms with van der Waals surface area (Å²) in [6.45, 7) is 2.86. The van der Waals surface area contributed by atoms with Gasteiger partial charge in [0.25, 0.3) is 5.91 Å². The molecule has 0 radical (unpaired) electrons. The third kappa shape index (κ3) is 2.23. The van der Waals surface area contributed by atoms with Gasteiger partial charge >= 0.3 is 5.97 Å². The van der Waals surface area contributed by atoms with Crippen molar-refractivity contribution in [1.29, 1.82) is 0 Å². The predicted octanol–water partition coefficient (Wildman–Crippen LogP) is 1.15. The number of carbonyl (C=O) groups is 2. The van der Waals surface area contributed by atoms with E-state index in [1.54, 1.807) is 0 Å². The lowest BCUT2D eigenvalue weighted by atomic mass is 9.96. The molecule has 18 heavy (non-hydrogen) atoms. The topological polar surface area (TPSA) is 92.4 Å². The van der Waals surface area contributed by atoms with Gasteiger partial charge in [-0.25, -0.2) is 4.79 Å². The summed E-state index contributed by atoms with van der Waals surface area (Å²) in [6, 6.07) is 0. The van der Waals surface area contributed by atoms with Crippen LogP contribution in [-0.4, -0.2) is 27.7 Å². The Labute approximate surface area is 104 Å². The van der Waals surface area contributed by atoms with Gasteiger partial charge in [0.05, 0.1) is 0 Å². The Morgan fingerprint density at radius 3 is 2.67 bits per heavy atom. The van der Waals surface area contributed by atoms with E-state index in [1.807, 2.05) is 0 Å². The smallest absolute Gasteiger partial charge is 0.328 e. The average molecular weight is 252 g/mol. The minimum Gasteiger partial charge on any atom is -0.480 e. The highest BCUT2D eigenvalue weighted by Crippen LogP contribution is 2.24. The molecule has 0 spiro atoms. The summed E-state index contributed by atoms with van der Waals surface area (Å²) < 4.78 is 5.12. The van der Waals surface area contributed by atoms with E-state index >= 15 is 0 Å². The van der Waals surface area contributed by atoms with E-state index in [4.69, 9.17) is 9.63 Å². The van der Waals surface area contributed by atoms with Crippen molar-refractivity contribution in [2.45, 2.75) is 45.1 Å². The van der Waals surface area contributed by atoms with Gasteiger partial charge in [0.2, 0.25) is 0 Å². The quantitative estimate of drug-likeness (QED) is 0.841. The molecular formula is C12H16N2O4. The van der Waals surface area contributed by atoms with Gasteiger partial charge in [-0.3, -0.25) is 4.79 Å². The van der Waals surface area contributed by atoms with Crippen LogP contribution in [0.2, 0.25) is 0 Å². The summed E-state index contributed by atoms with van der Waals surface area (Å²) in [7, 11) is 0. The standard InChI is InChI=1S/C12H16N2O4/c1-12(2,11(16)17)13-10(15)9-7-5-3-4-6-8(7)18-14-9/h3-6H2,1-2H3,(H,13,15)(H,16,17). The van der Waals surface area contributed by atoms with Crippen molar-refractivity contribution >= 4 is 11.9 Å². The molecule has 6 heteroatoms. The number of carboxylic acid groups (broad SMARTS) is 1. The van der Waals surface area contributed by atoms with E-state index in [0.717, 1.165) is 37.0 Å². The first kappa shape index (κ1) is 12.6. The van der Waals surface area contributed by atoms with Gasteiger partial charge < -0.3 is 14.9 Å². The van der Waals surface area contributed by atoms with Gasteiger partial charge in [-0.05, 0) is 33.1 Å². The van der Waals surface area contributed by atoms with Gasteiger partial charge in [-0.1, -0.05) is 5.16 Å². The first-order valence-corrected chi connectivity index (χ1v) is 5.95. The molecule has 0 atom stereocenters. The van der Waals surface area contributed by atoms with E-state index in [1.165, 1.54) is 13.8 Å². The third-order valence-corrected chi connectivity index (χ3v) is 3.13. The number of carboxylic acids is 1. The molecule has 6 nitrogen and oxygen atoms in total. The summed E-state index contributed by atoms with van der Waals surface area (Å²) in [5.74, 6) is -0.831. The van der Waals surface area contributed by atoms with Crippen molar-refractivity contribution in [3.05, 3.63) is 17.0 Å². The van der Waals surface area contributed by atoms with E-state index in [0.29, 0.717) is 0 Å². The van der Waals surface area contributed by atoms with Crippen molar-refractivity contribution in [2.24, 2.45) is 0 Å². The predicted molar refractivity (Wildman–Crippen MR) is 62.3 cm³/mol. The van der Waals surface area contributed by atoms with Crippen molar-refractivity contribution < 1.29 is 19.2 Å². The molecule has 2 N–H and O–H groups in total. The van der Waals surface area contributed by atoms with Crippen molar-refractivity contribution in [2.75, 3.05) is 0 Å².